The third-order valence-electron chi connectivity index (χ3n) is 3.17. The van der Waals surface area contributed by atoms with E-state index in [4.69, 9.17) is 0 Å². The smallest absolute Gasteiger partial charge is 0.203 e. The molecule has 2 aromatic rings. The number of hydrogen-bond acceptors (Lipinski definition) is 3. The SMILES string of the molecule is Cc1ccc(C(C)n2ccnc2NC2CC2)s1. The van der Waals surface area contributed by atoms with E-state index in [0.29, 0.717) is 12.1 Å². The third-order valence-corrected chi connectivity index (χ3v) is 4.34. The molecule has 1 N–H and O–H groups in total. The molecule has 0 spiro atoms. The maximum atomic E-state index is 4.41. The number of hydrogen-bond donors (Lipinski definition) is 1. The Morgan fingerprint density at radius 2 is 2.29 bits per heavy atom. The summed E-state index contributed by atoms with van der Waals surface area (Å²) in [5, 5.41) is 3.48. The number of imidazole rings is 1. The molecule has 0 radical (unpaired) electrons. The summed E-state index contributed by atoms with van der Waals surface area (Å²) in [6, 6.07) is 5.40. The average Bonchev–Trinajstić information content (AvgIpc) is 2.83. The van der Waals surface area contributed by atoms with E-state index in [1.165, 1.54) is 22.6 Å². The number of nitrogens with one attached hydrogen (secondary N) is 1. The molecule has 1 unspecified atom stereocenters. The fourth-order valence-electron chi connectivity index (χ4n) is 1.96. The summed E-state index contributed by atoms with van der Waals surface area (Å²) < 4.78 is 2.23. The number of aryl methyl sites for hydroxylation is 1. The number of nitrogens with zero attached hydrogens (tertiary/aromatic N) is 2. The predicted octanol–water partition coefficient (Wildman–Crippen LogP) is 3.44. The van der Waals surface area contributed by atoms with Crippen LogP contribution in [0.5, 0.6) is 0 Å². The van der Waals surface area contributed by atoms with Crippen molar-refractivity contribution >= 4 is 17.3 Å². The Labute approximate surface area is 106 Å². The van der Waals surface area contributed by atoms with Crippen LogP contribution in [0.25, 0.3) is 0 Å². The molecule has 0 amide bonds. The molecule has 3 rings (SSSR count). The van der Waals surface area contributed by atoms with E-state index in [1.807, 2.05) is 17.5 Å². The molecule has 1 aliphatic carbocycles. The lowest BCUT2D eigenvalue weighted by atomic mass is 10.2. The fraction of sp³-hybridized carbons (Fsp3) is 0.462. The molecular formula is C13H17N3S. The molecule has 2 heterocycles. The first-order valence-corrected chi connectivity index (χ1v) is 6.91. The minimum atomic E-state index is 0.359. The van der Waals surface area contributed by atoms with Crippen LogP contribution in [0.15, 0.2) is 24.5 Å². The fourth-order valence-corrected chi connectivity index (χ4v) is 2.89. The summed E-state index contributed by atoms with van der Waals surface area (Å²) in [4.78, 5) is 7.16. The van der Waals surface area contributed by atoms with Gasteiger partial charge in [0.05, 0.1) is 6.04 Å². The van der Waals surface area contributed by atoms with Crippen molar-refractivity contribution in [2.75, 3.05) is 5.32 Å². The Balaban J connectivity index is 1.84. The Morgan fingerprint density at radius 3 is 2.94 bits per heavy atom. The predicted molar refractivity (Wildman–Crippen MR) is 71.7 cm³/mol. The van der Waals surface area contributed by atoms with Crippen molar-refractivity contribution in [1.82, 2.24) is 9.55 Å². The molecule has 1 saturated carbocycles. The van der Waals surface area contributed by atoms with E-state index >= 15 is 0 Å². The van der Waals surface area contributed by atoms with Gasteiger partial charge in [0.25, 0.3) is 0 Å². The van der Waals surface area contributed by atoms with Gasteiger partial charge in [-0.1, -0.05) is 0 Å². The highest BCUT2D eigenvalue weighted by Crippen LogP contribution is 2.30. The molecule has 0 aliphatic heterocycles. The van der Waals surface area contributed by atoms with Crippen LogP contribution in [0.3, 0.4) is 0 Å². The van der Waals surface area contributed by atoms with Crippen molar-refractivity contribution in [3.63, 3.8) is 0 Å². The van der Waals surface area contributed by atoms with Crippen LogP contribution in [-0.2, 0) is 0 Å². The maximum Gasteiger partial charge on any atom is 0.203 e. The maximum absolute atomic E-state index is 4.41. The van der Waals surface area contributed by atoms with E-state index in [-0.39, 0.29) is 0 Å². The van der Waals surface area contributed by atoms with Gasteiger partial charge in [0.15, 0.2) is 0 Å². The molecule has 1 fully saturated rings. The lowest BCUT2D eigenvalue weighted by molar-refractivity contribution is 0.654. The molecular weight excluding hydrogens is 230 g/mol. The largest absolute Gasteiger partial charge is 0.353 e. The zero-order valence-corrected chi connectivity index (χ0v) is 11.0. The number of aromatic nitrogens is 2. The number of anilines is 1. The van der Waals surface area contributed by atoms with Gasteiger partial charge >= 0.3 is 0 Å². The average molecular weight is 247 g/mol. The molecule has 17 heavy (non-hydrogen) atoms. The zero-order valence-electron chi connectivity index (χ0n) is 10.2. The Hall–Kier alpha value is -1.29. The van der Waals surface area contributed by atoms with Crippen LogP contribution >= 0.6 is 11.3 Å². The quantitative estimate of drug-likeness (QED) is 0.897. The standard InChI is InChI=1S/C13H17N3S/c1-9-3-6-12(17-9)10(2)16-8-7-14-13(16)15-11-4-5-11/h3,6-8,10-11H,4-5H2,1-2H3,(H,14,15). The van der Waals surface area contributed by atoms with Crippen LogP contribution in [0.2, 0.25) is 0 Å². The lowest BCUT2D eigenvalue weighted by Gasteiger charge is -2.15. The molecule has 3 nitrogen and oxygen atoms in total. The Kier molecular flexibility index (Phi) is 2.67. The molecule has 90 valence electrons. The lowest BCUT2D eigenvalue weighted by Crippen LogP contribution is -2.12. The van der Waals surface area contributed by atoms with Gasteiger partial charge in [-0.2, -0.15) is 0 Å². The molecule has 1 aliphatic rings. The molecule has 1 atom stereocenters. The van der Waals surface area contributed by atoms with Gasteiger partial charge < -0.3 is 9.88 Å². The van der Waals surface area contributed by atoms with E-state index in [2.05, 4.69) is 47.0 Å². The second-order valence-electron chi connectivity index (χ2n) is 4.70. The van der Waals surface area contributed by atoms with Crippen molar-refractivity contribution < 1.29 is 0 Å². The minimum Gasteiger partial charge on any atom is -0.353 e. The summed E-state index contributed by atoms with van der Waals surface area (Å²) in [5.74, 6) is 1.01. The third kappa shape index (κ3) is 2.22. The van der Waals surface area contributed by atoms with E-state index in [0.717, 1.165) is 5.95 Å². The van der Waals surface area contributed by atoms with Gasteiger partial charge in [0.2, 0.25) is 5.95 Å². The van der Waals surface area contributed by atoms with Crippen molar-refractivity contribution in [1.29, 1.82) is 0 Å². The highest BCUT2D eigenvalue weighted by Gasteiger charge is 2.23. The van der Waals surface area contributed by atoms with E-state index in [9.17, 15) is 0 Å². The van der Waals surface area contributed by atoms with E-state index < -0.39 is 0 Å². The zero-order chi connectivity index (χ0) is 11.8. The van der Waals surface area contributed by atoms with Crippen LogP contribution in [0, 0.1) is 6.92 Å². The summed E-state index contributed by atoms with van der Waals surface area (Å²) in [5.41, 5.74) is 0. The minimum absolute atomic E-state index is 0.359. The van der Waals surface area contributed by atoms with Gasteiger partial charge in [0, 0.05) is 28.2 Å². The second-order valence-corrected chi connectivity index (χ2v) is 6.02. The summed E-state index contributed by atoms with van der Waals surface area (Å²) >= 11 is 1.86. The molecule has 2 aromatic heterocycles. The topological polar surface area (TPSA) is 29.9 Å². The van der Waals surface area contributed by atoms with Crippen LogP contribution < -0.4 is 5.32 Å². The van der Waals surface area contributed by atoms with Crippen molar-refractivity contribution in [3.05, 3.63) is 34.3 Å². The van der Waals surface area contributed by atoms with Gasteiger partial charge in [-0.3, -0.25) is 0 Å². The first kappa shape index (κ1) is 10.8. The van der Waals surface area contributed by atoms with Crippen LogP contribution in [0.4, 0.5) is 5.95 Å². The second kappa shape index (κ2) is 4.18. The van der Waals surface area contributed by atoms with Crippen molar-refractivity contribution in [2.24, 2.45) is 0 Å². The van der Waals surface area contributed by atoms with Gasteiger partial charge in [-0.25, -0.2) is 4.98 Å². The monoisotopic (exact) mass is 247 g/mol. The summed E-state index contributed by atoms with van der Waals surface area (Å²) in [6.45, 7) is 4.38. The molecule has 4 heteroatoms. The number of thiophene rings is 1. The first-order valence-electron chi connectivity index (χ1n) is 6.10. The summed E-state index contributed by atoms with van der Waals surface area (Å²) in [7, 11) is 0. The highest BCUT2D eigenvalue weighted by molar-refractivity contribution is 7.12. The van der Waals surface area contributed by atoms with Crippen LogP contribution in [-0.4, -0.2) is 15.6 Å². The molecule has 0 aromatic carbocycles. The Morgan fingerprint density at radius 1 is 1.47 bits per heavy atom. The van der Waals surface area contributed by atoms with Crippen molar-refractivity contribution in [2.45, 2.75) is 38.8 Å². The van der Waals surface area contributed by atoms with E-state index in [1.54, 1.807) is 0 Å². The molecule has 0 bridgehead atoms. The van der Waals surface area contributed by atoms with Gasteiger partial charge in [-0.15, -0.1) is 11.3 Å². The first-order chi connectivity index (χ1) is 8.24. The summed E-state index contributed by atoms with van der Waals surface area (Å²) in [6.07, 6.45) is 6.49. The van der Waals surface area contributed by atoms with Crippen molar-refractivity contribution in [3.8, 4) is 0 Å². The Bertz CT molecular complexity index is 510. The van der Waals surface area contributed by atoms with Gasteiger partial charge in [-0.05, 0) is 38.8 Å². The van der Waals surface area contributed by atoms with Crippen LogP contribution in [0.1, 0.15) is 35.6 Å². The molecule has 0 saturated heterocycles. The number of rotatable bonds is 4. The van der Waals surface area contributed by atoms with Gasteiger partial charge in [0.1, 0.15) is 0 Å². The highest BCUT2D eigenvalue weighted by atomic mass is 32.1. The normalized spacial score (nSPS) is 17.1.